The number of rotatable bonds is 3. The van der Waals surface area contributed by atoms with Gasteiger partial charge in [-0.05, 0) is 26.0 Å². The van der Waals surface area contributed by atoms with E-state index in [2.05, 4.69) is 0 Å². The number of nitrogens with two attached hydrogens (primary N) is 1. The molecule has 76 valence electrons. The summed E-state index contributed by atoms with van der Waals surface area (Å²) in [5.41, 5.74) is 3.18. The van der Waals surface area contributed by atoms with E-state index in [1.807, 2.05) is 36.6 Å². The Morgan fingerprint density at radius 3 is 2.50 bits per heavy atom. The molecule has 1 aromatic rings. The van der Waals surface area contributed by atoms with Gasteiger partial charge in [-0.1, -0.05) is 17.7 Å². The van der Waals surface area contributed by atoms with Crippen LogP contribution in [0.15, 0.2) is 24.3 Å². The summed E-state index contributed by atoms with van der Waals surface area (Å²) in [6, 6.07) is 7.47. The quantitative estimate of drug-likeness (QED) is 0.424. The summed E-state index contributed by atoms with van der Waals surface area (Å²) in [6.07, 6.45) is -0.581. The van der Waals surface area contributed by atoms with Crippen molar-refractivity contribution < 1.29 is 9.53 Å². The third-order valence-corrected chi connectivity index (χ3v) is 1.85. The van der Waals surface area contributed by atoms with Crippen LogP contribution in [0, 0.1) is 6.92 Å². The maximum Gasteiger partial charge on any atom is 0.274 e. The molecule has 1 atom stereocenters. The predicted octanol–water partition coefficient (Wildman–Crippen LogP) is 0.752. The van der Waals surface area contributed by atoms with Crippen molar-refractivity contribution >= 4 is 5.91 Å². The summed E-state index contributed by atoms with van der Waals surface area (Å²) in [7, 11) is 0. The Labute approximate surface area is 83.0 Å². The van der Waals surface area contributed by atoms with Crippen molar-refractivity contribution in [1.82, 2.24) is 5.43 Å². The first-order chi connectivity index (χ1) is 6.63. The summed E-state index contributed by atoms with van der Waals surface area (Å²) in [4.78, 5) is 11.0. The summed E-state index contributed by atoms with van der Waals surface area (Å²) in [5.74, 6) is 5.29. The second-order valence-electron chi connectivity index (χ2n) is 3.08. The molecular weight excluding hydrogens is 180 g/mol. The zero-order chi connectivity index (χ0) is 10.6. The zero-order valence-electron chi connectivity index (χ0n) is 8.28. The van der Waals surface area contributed by atoms with E-state index in [4.69, 9.17) is 10.6 Å². The van der Waals surface area contributed by atoms with E-state index in [0.717, 1.165) is 5.56 Å². The number of carbonyl (C=O) groups is 1. The molecule has 0 radical (unpaired) electrons. The fraction of sp³-hybridized carbons (Fsp3) is 0.300. The van der Waals surface area contributed by atoms with Crippen molar-refractivity contribution in [3.63, 3.8) is 0 Å². The minimum Gasteiger partial charge on any atom is -0.481 e. The molecule has 1 aromatic carbocycles. The highest BCUT2D eigenvalue weighted by atomic mass is 16.5. The molecule has 4 nitrogen and oxygen atoms in total. The van der Waals surface area contributed by atoms with Gasteiger partial charge in [0.05, 0.1) is 0 Å². The fourth-order valence-electron chi connectivity index (χ4n) is 0.992. The monoisotopic (exact) mass is 194 g/mol. The SMILES string of the molecule is Cc1ccc(O[C@@H](C)C(=O)NN)cc1. The molecule has 0 heterocycles. The normalized spacial score (nSPS) is 11.9. The van der Waals surface area contributed by atoms with Crippen LogP contribution in [0.5, 0.6) is 5.75 Å². The van der Waals surface area contributed by atoms with E-state index < -0.39 is 6.10 Å². The van der Waals surface area contributed by atoms with E-state index in [0.29, 0.717) is 5.75 Å². The third-order valence-electron chi connectivity index (χ3n) is 1.85. The number of carbonyl (C=O) groups excluding carboxylic acids is 1. The summed E-state index contributed by atoms with van der Waals surface area (Å²) in [5, 5.41) is 0. The first-order valence-electron chi connectivity index (χ1n) is 4.37. The molecule has 0 aliphatic rings. The van der Waals surface area contributed by atoms with Crippen molar-refractivity contribution in [3.05, 3.63) is 29.8 Å². The number of ether oxygens (including phenoxy) is 1. The Kier molecular flexibility index (Phi) is 3.48. The van der Waals surface area contributed by atoms with Crippen LogP contribution in [0.1, 0.15) is 12.5 Å². The smallest absolute Gasteiger partial charge is 0.274 e. The van der Waals surface area contributed by atoms with Crippen LogP contribution >= 0.6 is 0 Å². The summed E-state index contributed by atoms with van der Waals surface area (Å²) < 4.78 is 5.33. The van der Waals surface area contributed by atoms with Crippen molar-refractivity contribution in [1.29, 1.82) is 0 Å². The number of aryl methyl sites for hydroxylation is 1. The molecule has 0 fully saturated rings. The van der Waals surface area contributed by atoms with Gasteiger partial charge in [0.1, 0.15) is 5.75 Å². The molecule has 3 N–H and O–H groups in total. The predicted molar refractivity (Wildman–Crippen MR) is 53.6 cm³/mol. The number of hydrogen-bond acceptors (Lipinski definition) is 3. The van der Waals surface area contributed by atoms with Gasteiger partial charge < -0.3 is 4.74 Å². The number of nitrogens with one attached hydrogen (secondary N) is 1. The van der Waals surface area contributed by atoms with E-state index in [9.17, 15) is 4.79 Å². The third kappa shape index (κ3) is 2.74. The summed E-state index contributed by atoms with van der Waals surface area (Å²) >= 11 is 0. The van der Waals surface area contributed by atoms with Gasteiger partial charge >= 0.3 is 0 Å². The lowest BCUT2D eigenvalue weighted by Gasteiger charge is -2.12. The molecule has 1 amide bonds. The largest absolute Gasteiger partial charge is 0.481 e. The zero-order valence-corrected chi connectivity index (χ0v) is 8.28. The Morgan fingerprint density at radius 1 is 1.43 bits per heavy atom. The van der Waals surface area contributed by atoms with Crippen LogP contribution in [0.3, 0.4) is 0 Å². The molecule has 0 bridgehead atoms. The van der Waals surface area contributed by atoms with Crippen molar-refractivity contribution in [3.8, 4) is 5.75 Å². The average Bonchev–Trinajstić information content (AvgIpc) is 2.20. The van der Waals surface area contributed by atoms with E-state index >= 15 is 0 Å². The van der Waals surface area contributed by atoms with E-state index in [1.54, 1.807) is 6.92 Å². The highest BCUT2D eigenvalue weighted by Crippen LogP contribution is 2.12. The minimum atomic E-state index is -0.581. The lowest BCUT2D eigenvalue weighted by Crippen LogP contribution is -2.40. The first-order valence-corrected chi connectivity index (χ1v) is 4.37. The van der Waals surface area contributed by atoms with Crippen molar-refractivity contribution in [2.75, 3.05) is 0 Å². The Bertz CT molecular complexity index is 308. The Hall–Kier alpha value is -1.55. The van der Waals surface area contributed by atoms with Crippen LogP contribution in [0.2, 0.25) is 0 Å². The van der Waals surface area contributed by atoms with Gasteiger partial charge in [0.2, 0.25) is 0 Å². The minimum absolute atomic E-state index is 0.342. The molecule has 1 rings (SSSR count). The second-order valence-corrected chi connectivity index (χ2v) is 3.08. The highest BCUT2D eigenvalue weighted by molar-refractivity contribution is 5.80. The maximum atomic E-state index is 11.0. The summed E-state index contributed by atoms with van der Waals surface area (Å²) in [6.45, 7) is 3.63. The molecule has 0 aliphatic heterocycles. The Balaban J connectivity index is 2.60. The van der Waals surface area contributed by atoms with Crippen LogP contribution in [0.4, 0.5) is 0 Å². The van der Waals surface area contributed by atoms with Crippen LogP contribution in [-0.2, 0) is 4.79 Å². The van der Waals surface area contributed by atoms with Gasteiger partial charge in [-0.2, -0.15) is 0 Å². The molecule has 0 unspecified atom stereocenters. The molecule has 14 heavy (non-hydrogen) atoms. The molecule has 0 spiro atoms. The number of hydrogen-bond donors (Lipinski definition) is 2. The Morgan fingerprint density at radius 2 is 2.00 bits per heavy atom. The fourth-order valence-corrected chi connectivity index (χ4v) is 0.992. The number of hydrazine groups is 1. The molecule has 0 aliphatic carbocycles. The lowest BCUT2D eigenvalue weighted by atomic mass is 10.2. The van der Waals surface area contributed by atoms with Crippen molar-refractivity contribution in [2.24, 2.45) is 5.84 Å². The lowest BCUT2D eigenvalue weighted by molar-refractivity contribution is -0.127. The van der Waals surface area contributed by atoms with Gasteiger partial charge in [0.25, 0.3) is 5.91 Å². The molecule has 0 saturated carbocycles. The average molecular weight is 194 g/mol. The number of benzene rings is 1. The van der Waals surface area contributed by atoms with Crippen LogP contribution < -0.4 is 16.0 Å². The molecule has 0 saturated heterocycles. The highest BCUT2D eigenvalue weighted by Gasteiger charge is 2.12. The van der Waals surface area contributed by atoms with E-state index in [1.165, 1.54) is 0 Å². The van der Waals surface area contributed by atoms with Crippen LogP contribution in [0.25, 0.3) is 0 Å². The van der Waals surface area contributed by atoms with Gasteiger partial charge in [-0.15, -0.1) is 0 Å². The topological polar surface area (TPSA) is 64.3 Å². The van der Waals surface area contributed by atoms with Crippen LogP contribution in [-0.4, -0.2) is 12.0 Å². The maximum absolute atomic E-state index is 11.0. The molecule has 4 heteroatoms. The number of amides is 1. The van der Waals surface area contributed by atoms with Gasteiger partial charge in [0.15, 0.2) is 6.10 Å². The first kappa shape index (κ1) is 10.5. The second kappa shape index (κ2) is 4.62. The van der Waals surface area contributed by atoms with E-state index in [-0.39, 0.29) is 5.91 Å². The molecule has 0 aromatic heterocycles. The van der Waals surface area contributed by atoms with Gasteiger partial charge in [0, 0.05) is 0 Å². The molecular formula is C10H14N2O2. The van der Waals surface area contributed by atoms with Gasteiger partial charge in [-0.25, -0.2) is 5.84 Å². The standard InChI is InChI=1S/C10H14N2O2/c1-7-3-5-9(6-4-7)14-8(2)10(13)12-11/h3-6,8H,11H2,1-2H3,(H,12,13)/t8-/m0/s1. The van der Waals surface area contributed by atoms with Gasteiger partial charge in [-0.3, -0.25) is 10.2 Å². The van der Waals surface area contributed by atoms with Crippen molar-refractivity contribution in [2.45, 2.75) is 20.0 Å².